The molecule has 8 nitrogen and oxygen atoms in total. The molecule has 2 aromatic carbocycles. The number of hydrogen-bond acceptors (Lipinski definition) is 6. The predicted octanol–water partition coefficient (Wildman–Crippen LogP) is 4.21. The van der Waals surface area contributed by atoms with Gasteiger partial charge in [0.15, 0.2) is 11.0 Å². The van der Waals surface area contributed by atoms with Crippen LogP contribution in [0.3, 0.4) is 0 Å². The number of aryl methyl sites for hydroxylation is 1. The molecule has 0 radical (unpaired) electrons. The second-order valence-corrected chi connectivity index (χ2v) is 10.5. The number of benzene rings is 2. The zero-order valence-corrected chi connectivity index (χ0v) is 21.3. The molecule has 0 aliphatic heterocycles. The van der Waals surface area contributed by atoms with Crippen molar-refractivity contribution in [2.24, 2.45) is 7.05 Å². The number of nitrogens with zero attached hydrogens (tertiary/aromatic N) is 4. The first kappa shape index (κ1) is 25.2. The van der Waals surface area contributed by atoms with Crippen molar-refractivity contribution >= 4 is 45.0 Å². The molecule has 11 heteroatoms. The van der Waals surface area contributed by atoms with Crippen LogP contribution in [-0.2, 0) is 21.9 Å². The van der Waals surface area contributed by atoms with E-state index in [9.17, 15) is 13.2 Å². The summed E-state index contributed by atoms with van der Waals surface area (Å²) in [7, 11) is -1.82. The number of carbonyl (C=O) groups excluding carboxylic acids is 1. The molecule has 3 rings (SSSR count). The van der Waals surface area contributed by atoms with Gasteiger partial charge in [-0.05, 0) is 30.7 Å². The maximum Gasteiger partial charge on any atom is 0.243 e. The zero-order chi connectivity index (χ0) is 24.2. The maximum atomic E-state index is 12.8. The number of anilines is 1. The van der Waals surface area contributed by atoms with Crippen molar-refractivity contribution < 1.29 is 13.2 Å². The summed E-state index contributed by atoms with van der Waals surface area (Å²) >= 11 is 7.44. The van der Waals surface area contributed by atoms with Crippen LogP contribution in [0.4, 0.5) is 5.69 Å². The molecule has 0 spiro atoms. The third-order valence-corrected chi connectivity index (χ3v) is 8.50. The van der Waals surface area contributed by atoms with E-state index in [1.54, 1.807) is 13.8 Å². The number of thioether (sulfide) groups is 1. The smallest absolute Gasteiger partial charge is 0.243 e. The van der Waals surface area contributed by atoms with Crippen molar-refractivity contribution in [3.05, 3.63) is 53.1 Å². The lowest BCUT2D eigenvalue weighted by Gasteiger charge is -2.19. The van der Waals surface area contributed by atoms with E-state index in [0.717, 1.165) is 11.1 Å². The summed E-state index contributed by atoms with van der Waals surface area (Å²) in [6.45, 7) is 6.24. The standard InChI is InChI=1S/C22H26ClN5O3S2/c1-5-28(6-2)33(30,31)16-11-12-18(23)19(13-16)24-20(29)14-32-22-26-25-21(27(22)4)17-10-8-7-9-15(17)3/h7-13H,5-6,14H2,1-4H3,(H,24,29). The van der Waals surface area contributed by atoms with Gasteiger partial charge in [-0.15, -0.1) is 10.2 Å². The van der Waals surface area contributed by atoms with Gasteiger partial charge in [-0.25, -0.2) is 8.42 Å². The van der Waals surface area contributed by atoms with Crippen LogP contribution >= 0.6 is 23.4 Å². The van der Waals surface area contributed by atoms with E-state index in [4.69, 9.17) is 11.6 Å². The Labute approximate surface area is 203 Å². The molecule has 33 heavy (non-hydrogen) atoms. The fraction of sp³-hybridized carbons (Fsp3) is 0.318. The lowest BCUT2D eigenvalue weighted by molar-refractivity contribution is -0.113. The maximum absolute atomic E-state index is 12.8. The number of sulfonamides is 1. The van der Waals surface area contributed by atoms with E-state index in [0.29, 0.717) is 24.1 Å². The van der Waals surface area contributed by atoms with Crippen LogP contribution in [0.15, 0.2) is 52.5 Å². The highest BCUT2D eigenvalue weighted by Crippen LogP contribution is 2.28. The minimum Gasteiger partial charge on any atom is -0.324 e. The lowest BCUT2D eigenvalue weighted by atomic mass is 10.1. The summed E-state index contributed by atoms with van der Waals surface area (Å²) in [5, 5.41) is 12.0. The Morgan fingerprint density at radius 1 is 1.15 bits per heavy atom. The number of nitrogens with one attached hydrogen (secondary N) is 1. The van der Waals surface area contributed by atoms with E-state index >= 15 is 0 Å². The predicted molar refractivity (Wildman–Crippen MR) is 132 cm³/mol. The topological polar surface area (TPSA) is 97.2 Å². The quantitative estimate of drug-likeness (QED) is 0.436. The molecule has 0 aliphatic carbocycles. The molecule has 0 bridgehead atoms. The van der Waals surface area contributed by atoms with Crippen LogP contribution in [0, 0.1) is 6.92 Å². The van der Waals surface area contributed by atoms with E-state index in [2.05, 4.69) is 15.5 Å². The van der Waals surface area contributed by atoms with Crippen molar-refractivity contribution in [3.63, 3.8) is 0 Å². The van der Waals surface area contributed by atoms with Gasteiger partial charge >= 0.3 is 0 Å². The monoisotopic (exact) mass is 507 g/mol. The highest BCUT2D eigenvalue weighted by molar-refractivity contribution is 7.99. The van der Waals surface area contributed by atoms with E-state index in [-0.39, 0.29) is 27.3 Å². The number of amides is 1. The van der Waals surface area contributed by atoms with Gasteiger partial charge in [-0.1, -0.05) is 61.5 Å². The van der Waals surface area contributed by atoms with E-state index in [1.165, 1.54) is 34.3 Å². The second kappa shape index (κ2) is 10.7. The van der Waals surface area contributed by atoms with Crippen molar-refractivity contribution in [2.75, 3.05) is 24.2 Å². The molecule has 0 atom stereocenters. The first-order chi connectivity index (χ1) is 15.7. The van der Waals surface area contributed by atoms with Gasteiger partial charge in [-0.3, -0.25) is 4.79 Å². The minimum atomic E-state index is -3.67. The van der Waals surface area contributed by atoms with Gasteiger partial charge in [0.2, 0.25) is 15.9 Å². The van der Waals surface area contributed by atoms with Crippen LogP contribution < -0.4 is 5.32 Å². The van der Waals surface area contributed by atoms with Crippen LogP contribution in [0.25, 0.3) is 11.4 Å². The molecule has 0 saturated carbocycles. The van der Waals surface area contributed by atoms with Gasteiger partial charge in [0.05, 0.1) is 21.4 Å². The van der Waals surface area contributed by atoms with Gasteiger partial charge in [0.1, 0.15) is 0 Å². The third kappa shape index (κ3) is 5.57. The molecule has 1 N–H and O–H groups in total. The Hall–Kier alpha value is -2.40. The number of aromatic nitrogens is 3. The summed E-state index contributed by atoms with van der Waals surface area (Å²) < 4.78 is 28.7. The summed E-state index contributed by atoms with van der Waals surface area (Å²) in [6, 6.07) is 12.2. The molecule has 3 aromatic rings. The molecular formula is C22H26ClN5O3S2. The van der Waals surface area contributed by atoms with Crippen LogP contribution in [-0.4, -0.2) is 52.2 Å². The highest BCUT2D eigenvalue weighted by Gasteiger charge is 2.23. The molecular weight excluding hydrogens is 482 g/mol. The zero-order valence-electron chi connectivity index (χ0n) is 18.9. The van der Waals surface area contributed by atoms with Crippen molar-refractivity contribution in [3.8, 4) is 11.4 Å². The third-order valence-electron chi connectivity index (χ3n) is 5.11. The van der Waals surface area contributed by atoms with Crippen molar-refractivity contribution in [1.29, 1.82) is 0 Å². The van der Waals surface area contributed by atoms with Gasteiger partial charge in [0, 0.05) is 25.7 Å². The molecule has 0 saturated heterocycles. The molecule has 0 fully saturated rings. The van der Waals surface area contributed by atoms with Crippen molar-refractivity contribution in [1.82, 2.24) is 19.1 Å². The Balaban J connectivity index is 1.72. The van der Waals surface area contributed by atoms with Crippen LogP contribution in [0.2, 0.25) is 5.02 Å². The number of halogens is 1. The van der Waals surface area contributed by atoms with Crippen LogP contribution in [0.5, 0.6) is 0 Å². The minimum absolute atomic E-state index is 0.0586. The SMILES string of the molecule is CCN(CC)S(=O)(=O)c1ccc(Cl)c(NC(=O)CSc2nnc(-c3ccccc3C)n2C)c1. The Bertz CT molecular complexity index is 1260. The Kier molecular flexibility index (Phi) is 8.17. The molecule has 1 aromatic heterocycles. The van der Waals surface area contributed by atoms with Gasteiger partial charge < -0.3 is 9.88 Å². The van der Waals surface area contributed by atoms with Gasteiger partial charge in [-0.2, -0.15) is 4.31 Å². The normalized spacial score (nSPS) is 11.7. The second-order valence-electron chi connectivity index (χ2n) is 7.25. The number of rotatable bonds is 9. The van der Waals surface area contributed by atoms with Gasteiger partial charge in [0.25, 0.3) is 0 Å². The average Bonchev–Trinajstić information content (AvgIpc) is 3.14. The summed E-state index contributed by atoms with van der Waals surface area (Å²) in [5.41, 5.74) is 2.30. The summed E-state index contributed by atoms with van der Waals surface area (Å²) in [5.74, 6) is 0.441. The Morgan fingerprint density at radius 3 is 2.52 bits per heavy atom. The lowest BCUT2D eigenvalue weighted by Crippen LogP contribution is -2.30. The van der Waals surface area contributed by atoms with Crippen molar-refractivity contribution in [2.45, 2.75) is 30.8 Å². The molecule has 1 heterocycles. The molecule has 0 unspecified atom stereocenters. The van der Waals surface area contributed by atoms with E-state index < -0.39 is 10.0 Å². The highest BCUT2D eigenvalue weighted by atomic mass is 35.5. The average molecular weight is 508 g/mol. The first-order valence-corrected chi connectivity index (χ1v) is 13.2. The largest absolute Gasteiger partial charge is 0.324 e. The summed E-state index contributed by atoms with van der Waals surface area (Å²) in [6.07, 6.45) is 0. The summed E-state index contributed by atoms with van der Waals surface area (Å²) in [4.78, 5) is 12.7. The van der Waals surface area contributed by atoms with E-state index in [1.807, 2.05) is 42.8 Å². The number of carbonyl (C=O) groups is 1. The van der Waals surface area contributed by atoms with Crippen LogP contribution in [0.1, 0.15) is 19.4 Å². The molecule has 1 amide bonds. The fourth-order valence-corrected chi connectivity index (χ4v) is 5.65. The molecule has 0 aliphatic rings. The fourth-order valence-electron chi connectivity index (χ4n) is 3.29. The number of hydrogen-bond donors (Lipinski definition) is 1. The Morgan fingerprint density at radius 2 is 1.85 bits per heavy atom. The first-order valence-electron chi connectivity index (χ1n) is 10.4. The molecule has 176 valence electrons.